The van der Waals surface area contributed by atoms with Crippen molar-refractivity contribution in [2.24, 2.45) is 0 Å². The summed E-state index contributed by atoms with van der Waals surface area (Å²) in [5.41, 5.74) is -0.594. The van der Waals surface area contributed by atoms with E-state index in [-0.39, 0.29) is 34.0 Å². The van der Waals surface area contributed by atoms with Gasteiger partial charge in [-0.05, 0) is 0 Å². The van der Waals surface area contributed by atoms with E-state index in [9.17, 15) is 19.6 Å². The molecule has 1 unspecified atom stereocenters. The van der Waals surface area contributed by atoms with Gasteiger partial charge < -0.3 is 28.2 Å². The Labute approximate surface area is 133 Å². The summed E-state index contributed by atoms with van der Waals surface area (Å²) >= 11 is 0. The topological polar surface area (TPSA) is 115 Å². The number of phenolic OH excluding ortho intramolecular Hbond substituents is 1. The standard InChI is InChI=1S/C15H7O8P/c16-8-7-9(17)13-15-14(22-24(19,21-13)23-15)12(7)20-11(10(8)18)6-4-2-1-3-5-6/h1-5,17-18H. The van der Waals surface area contributed by atoms with Crippen LogP contribution >= 0.6 is 7.82 Å². The molecule has 0 saturated heterocycles. The molecule has 2 N–H and O–H groups in total. The van der Waals surface area contributed by atoms with Gasteiger partial charge in [-0.25, -0.2) is 0 Å². The first-order valence-electron chi connectivity index (χ1n) is 6.81. The van der Waals surface area contributed by atoms with E-state index in [0.29, 0.717) is 5.56 Å². The Morgan fingerprint density at radius 2 is 1.54 bits per heavy atom. The molecule has 3 heterocycles. The van der Waals surface area contributed by atoms with E-state index in [1.54, 1.807) is 30.3 Å². The minimum atomic E-state index is -3.88. The molecule has 8 nitrogen and oxygen atoms in total. The van der Waals surface area contributed by atoms with Gasteiger partial charge in [-0.2, -0.15) is 4.57 Å². The van der Waals surface area contributed by atoms with Crippen LogP contribution < -0.4 is 19.0 Å². The molecule has 1 aromatic heterocycles. The van der Waals surface area contributed by atoms with E-state index in [1.165, 1.54) is 0 Å². The number of phosphoric ester groups is 1. The van der Waals surface area contributed by atoms with Gasteiger partial charge in [0.1, 0.15) is 5.39 Å². The average molecular weight is 346 g/mol. The summed E-state index contributed by atoms with van der Waals surface area (Å²) < 4.78 is 32.7. The molecule has 0 spiro atoms. The number of phenols is 1. The fourth-order valence-corrected chi connectivity index (χ4v) is 4.04. The van der Waals surface area contributed by atoms with Crippen molar-refractivity contribution in [2.45, 2.75) is 0 Å². The van der Waals surface area contributed by atoms with Gasteiger partial charge in [0.05, 0.1) is 0 Å². The smallest absolute Gasteiger partial charge is 0.504 e. The van der Waals surface area contributed by atoms with Crippen LogP contribution in [0.5, 0.6) is 28.7 Å². The van der Waals surface area contributed by atoms with Gasteiger partial charge in [-0.1, -0.05) is 30.3 Å². The zero-order valence-corrected chi connectivity index (χ0v) is 12.6. The van der Waals surface area contributed by atoms with Gasteiger partial charge in [0, 0.05) is 5.56 Å². The van der Waals surface area contributed by atoms with Crippen molar-refractivity contribution >= 4 is 18.8 Å². The largest absolute Gasteiger partial charge is 0.647 e. The van der Waals surface area contributed by atoms with Gasteiger partial charge in [0.25, 0.3) is 0 Å². The number of phosphoric acid groups is 1. The van der Waals surface area contributed by atoms with Crippen molar-refractivity contribution in [1.82, 2.24) is 0 Å². The molecule has 1 atom stereocenters. The molecule has 0 aliphatic carbocycles. The van der Waals surface area contributed by atoms with Gasteiger partial charge in [0.2, 0.25) is 28.4 Å². The molecule has 0 saturated carbocycles. The number of fused-ring (bicyclic) bond motifs is 3. The molecule has 3 aromatic rings. The highest BCUT2D eigenvalue weighted by Crippen LogP contribution is 2.72. The zero-order valence-electron chi connectivity index (χ0n) is 11.7. The van der Waals surface area contributed by atoms with Crippen LogP contribution in [-0.4, -0.2) is 10.2 Å². The van der Waals surface area contributed by atoms with Crippen molar-refractivity contribution in [1.29, 1.82) is 0 Å². The Bertz CT molecular complexity index is 1150. The summed E-state index contributed by atoms with van der Waals surface area (Å²) in [7, 11) is -3.88. The lowest BCUT2D eigenvalue weighted by molar-refractivity contribution is 0.344. The molecule has 0 fully saturated rings. The lowest BCUT2D eigenvalue weighted by Crippen LogP contribution is -2.06. The normalized spacial score (nSPS) is 19.8. The molecule has 9 heteroatoms. The summed E-state index contributed by atoms with van der Waals surface area (Å²) in [5.74, 6) is -1.83. The average Bonchev–Trinajstić information content (AvgIpc) is 3.10. The van der Waals surface area contributed by atoms with Crippen LogP contribution in [0.25, 0.3) is 22.3 Å². The van der Waals surface area contributed by atoms with Crippen LogP contribution in [0.15, 0.2) is 39.5 Å². The molecule has 24 heavy (non-hydrogen) atoms. The first kappa shape index (κ1) is 13.3. The van der Waals surface area contributed by atoms with E-state index in [4.69, 9.17) is 18.0 Å². The van der Waals surface area contributed by atoms with E-state index >= 15 is 0 Å². The minimum absolute atomic E-state index is 0.0869. The highest BCUT2D eigenvalue weighted by molar-refractivity contribution is 7.50. The van der Waals surface area contributed by atoms with Gasteiger partial charge in [-0.3, -0.25) is 4.79 Å². The van der Waals surface area contributed by atoms with Crippen molar-refractivity contribution in [3.05, 3.63) is 40.6 Å². The zero-order chi connectivity index (χ0) is 16.6. The van der Waals surface area contributed by atoms with Crippen molar-refractivity contribution in [2.75, 3.05) is 0 Å². The molecule has 5 rings (SSSR count). The number of hydrogen-bond acceptors (Lipinski definition) is 8. The lowest BCUT2D eigenvalue weighted by Gasteiger charge is -2.14. The summed E-state index contributed by atoms with van der Waals surface area (Å²) in [5, 5.41) is 20.1. The second kappa shape index (κ2) is 4.04. The van der Waals surface area contributed by atoms with Gasteiger partial charge >= 0.3 is 7.82 Å². The third-order valence-corrected chi connectivity index (χ3v) is 5.02. The molecular weight excluding hydrogens is 339 g/mol. The van der Waals surface area contributed by atoms with Crippen LogP contribution in [0, 0.1) is 0 Å². The highest BCUT2D eigenvalue weighted by atomic mass is 31.2. The molecule has 0 radical (unpaired) electrons. The Morgan fingerprint density at radius 1 is 0.875 bits per heavy atom. The van der Waals surface area contributed by atoms with E-state index in [0.717, 1.165) is 0 Å². The highest BCUT2D eigenvalue weighted by Gasteiger charge is 2.54. The SMILES string of the molecule is O=c1c(O)c(-c2ccccc2)oc2c3c4c(c(O)c12)OP(=O)(O4)O3. The van der Waals surface area contributed by atoms with Crippen molar-refractivity contribution in [3.8, 4) is 40.1 Å². The number of rotatable bonds is 1. The summed E-state index contributed by atoms with van der Waals surface area (Å²) in [6.07, 6.45) is 0. The fourth-order valence-electron chi connectivity index (χ4n) is 2.76. The Balaban J connectivity index is 1.94. The monoisotopic (exact) mass is 346 g/mol. The molecule has 2 aliphatic rings. The van der Waals surface area contributed by atoms with Gasteiger partial charge in [-0.15, -0.1) is 0 Å². The molecule has 2 bridgehead atoms. The summed E-state index contributed by atoms with van der Waals surface area (Å²) in [6, 6.07) is 8.44. The molecule has 2 aromatic carbocycles. The minimum Gasteiger partial charge on any atom is -0.504 e. The van der Waals surface area contributed by atoms with Crippen LogP contribution in [0.2, 0.25) is 0 Å². The predicted molar refractivity (Wildman–Crippen MR) is 80.7 cm³/mol. The quantitative estimate of drug-likeness (QED) is 0.646. The maximum Gasteiger partial charge on any atom is 0.647 e. The van der Waals surface area contributed by atoms with Crippen LogP contribution in [0.4, 0.5) is 0 Å². The first-order chi connectivity index (χ1) is 11.5. The van der Waals surface area contributed by atoms with Crippen molar-refractivity contribution < 1.29 is 32.8 Å². The van der Waals surface area contributed by atoms with Crippen LogP contribution in [-0.2, 0) is 4.57 Å². The van der Waals surface area contributed by atoms with Crippen molar-refractivity contribution in [3.63, 3.8) is 0 Å². The molecule has 0 amide bonds. The second-order valence-electron chi connectivity index (χ2n) is 5.24. The molecule has 2 aliphatic heterocycles. The third-order valence-electron chi connectivity index (χ3n) is 3.80. The summed E-state index contributed by atoms with van der Waals surface area (Å²) in [4.78, 5) is 12.5. The second-order valence-corrected chi connectivity index (χ2v) is 6.68. The first-order valence-corrected chi connectivity index (χ1v) is 8.27. The lowest BCUT2D eigenvalue weighted by atomic mass is 10.1. The maximum atomic E-state index is 12.5. The Kier molecular flexibility index (Phi) is 2.24. The van der Waals surface area contributed by atoms with Crippen LogP contribution in [0.1, 0.15) is 0 Å². The number of hydrogen-bond donors (Lipinski definition) is 2. The maximum absolute atomic E-state index is 12.5. The summed E-state index contributed by atoms with van der Waals surface area (Å²) in [6.45, 7) is 0. The predicted octanol–water partition coefficient (Wildman–Crippen LogP) is 3.14. The van der Waals surface area contributed by atoms with E-state index in [2.05, 4.69) is 0 Å². The Hall–Kier alpha value is -3.12. The fraction of sp³-hybridized carbons (Fsp3) is 0. The molecular formula is C15H7O8P. The van der Waals surface area contributed by atoms with E-state index < -0.39 is 24.8 Å². The Morgan fingerprint density at radius 3 is 2.25 bits per heavy atom. The third kappa shape index (κ3) is 1.48. The number of aromatic hydroxyl groups is 2. The van der Waals surface area contributed by atoms with E-state index in [1.807, 2.05) is 0 Å². The number of benzene rings is 2. The van der Waals surface area contributed by atoms with Gasteiger partial charge in [0.15, 0.2) is 17.1 Å². The molecule has 120 valence electrons. The van der Waals surface area contributed by atoms with Crippen LogP contribution in [0.3, 0.4) is 0 Å².